The van der Waals surface area contributed by atoms with Gasteiger partial charge in [0.1, 0.15) is 6.54 Å². The molecule has 0 aliphatic heterocycles. The van der Waals surface area contributed by atoms with Crippen LogP contribution in [0.4, 0.5) is 8.78 Å². The van der Waals surface area contributed by atoms with Crippen molar-refractivity contribution in [2.75, 3.05) is 5.33 Å². The number of nitrogens with zero attached hydrogens (tertiary/aromatic N) is 3. The lowest BCUT2D eigenvalue weighted by molar-refractivity contribution is -0.0258. The lowest BCUT2D eigenvalue weighted by Crippen LogP contribution is -2.21. The van der Waals surface area contributed by atoms with Gasteiger partial charge in [0.25, 0.3) is 5.92 Å². The molecule has 0 atom stereocenters. The summed E-state index contributed by atoms with van der Waals surface area (Å²) in [6.45, 7) is -0.494. The Morgan fingerprint density at radius 3 is 2.61 bits per heavy atom. The Morgan fingerprint density at radius 1 is 1.22 bits per heavy atom. The number of hydrogen-bond donors (Lipinski definition) is 0. The Labute approximate surface area is 112 Å². The molecular weight excluding hydrogens is 304 g/mol. The molecule has 0 radical (unpaired) electrons. The van der Waals surface area contributed by atoms with Gasteiger partial charge >= 0.3 is 0 Å². The molecule has 0 spiro atoms. The summed E-state index contributed by atoms with van der Waals surface area (Å²) >= 11 is 3.27. The second-order valence-corrected chi connectivity index (χ2v) is 4.71. The Morgan fingerprint density at radius 2 is 1.94 bits per heavy atom. The second-order valence-electron chi connectivity index (χ2n) is 3.92. The first-order valence-electron chi connectivity index (χ1n) is 5.50. The SMILES string of the molecule is FC(F)(Cn1cc(CCBr)nn1)c1ccccc1. The Bertz CT molecular complexity index is 499. The van der Waals surface area contributed by atoms with E-state index in [1.54, 1.807) is 24.4 Å². The van der Waals surface area contributed by atoms with Crippen molar-refractivity contribution in [2.45, 2.75) is 18.9 Å². The van der Waals surface area contributed by atoms with Gasteiger partial charge in [-0.2, -0.15) is 8.78 Å². The summed E-state index contributed by atoms with van der Waals surface area (Å²) in [5.41, 5.74) is 0.693. The highest BCUT2D eigenvalue weighted by atomic mass is 79.9. The van der Waals surface area contributed by atoms with Crippen molar-refractivity contribution in [1.82, 2.24) is 15.0 Å². The van der Waals surface area contributed by atoms with Crippen LogP contribution in [0.3, 0.4) is 0 Å². The molecule has 0 saturated heterocycles. The number of rotatable bonds is 5. The Kier molecular flexibility index (Phi) is 4.06. The highest BCUT2D eigenvalue weighted by Crippen LogP contribution is 2.29. The molecule has 6 heteroatoms. The van der Waals surface area contributed by atoms with E-state index < -0.39 is 12.5 Å². The van der Waals surface area contributed by atoms with Crippen molar-refractivity contribution in [3.05, 3.63) is 47.8 Å². The minimum Gasteiger partial charge on any atom is -0.246 e. The molecule has 2 aromatic rings. The standard InChI is InChI=1S/C12H12BrF2N3/c13-7-6-11-8-18(17-16-11)9-12(14,15)10-4-2-1-3-5-10/h1-5,8H,6-7,9H2. The molecule has 3 nitrogen and oxygen atoms in total. The zero-order valence-electron chi connectivity index (χ0n) is 9.56. The molecule has 0 aliphatic carbocycles. The van der Waals surface area contributed by atoms with Crippen LogP contribution >= 0.6 is 15.9 Å². The summed E-state index contributed by atoms with van der Waals surface area (Å²) < 4.78 is 29.1. The number of benzene rings is 1. The summed E-state index contributed by atoms with van der Waals surface area (Å²) in [5.74, 6) is -2.94. The van der Waals surface area contributed by atoms with E-state index >= 15 is 0 Å². The van der Waals surface area contributed by atoms with Gasteiger partial charge in [-0.25, -0.2) is 4.68 Å². The summed E-state index contributed by atoms with van der Waals surface area (Å²) in [6.07, 6.45) is 2.23. The summed E-state index contributed by atoms with van der Waals surface area (Å²) in [4.78, 5) is 0. The molecule has 0 unspecified atom stereocenters. The van der Waals surface area contributed by atoms with E-state index in [0.29, 0.717) is 12.1 Å². The predicted molar refractivity (Wildman–Crippen MR) is 67.9 cm³/mol. The fourth-order valence-corrected chi connectivity index (χ4v) is 2.01. The van der Waals surface area contributed by atoms with Gasteiger partial charge in [-0.1, -0.05) is 51.5 Å². The van der Waals surface area contributed by atoms with Crippen LogP contribution in [0.1, 0.15) is 11.3 Å². The Hall–Kier alpha value is -1.30. The van der Waals surface area contributed by atoms with Crippen LogP contribution in [-0.2, 0) is 18.9 Å². The van der Waals surface area contributed by atoms with Gasteiger partial charge in [-0.3, -0.25) is 0 Å². The lowest BCUT2D eigenvalue weighted by atomic mass is 10.1. The lowest BCUT2D eigenvalue weighted by Gasteiger charge is -2.15. The van der Waals surface area contributed by atoms with Crippen LogP contribution in [0.5, 0.6) is 0 Å². The maximum atomic E-state index is 13.9. The van der Waals surface area contributed by atoms with E-state index in [1.165, 1.54) is 16.8 Å². The highest BCUT2D eigenvalue weighted by Gasteiger charge is 2.32. The first kappa shape index (κ1) is 13.1. The van der Waals surface area contributed by atoms with Gasteiger partial charge in [0.05, 0.1) is 5.69 Å². The minimum absolute atomic E-state index is 0.0115. The van der Waals surface area contributed by atoms with Crippen LogP contribution in [0.15, 0.2) is 36.5 Å². The van der Waals surface area contributed by atoms with Crippen LogP contribution in [0, 0.1) is 0 Å². The fraction of sp³-hybridized carbons (Fsp3) is 0.333. The molecule has 1 heterocycles. The van der Waals surface area contributed by atoms with Crippen molar-refractivity contribution in [2.24, 2.45) is 0 Å². The number of alkyl halides is 3. The zero-order valence-corrected chi connectivity index (χ0v) is 11.1. The summed E-state index contributed by atoms with van der Waals surface area (Å²) in [6, 6.07) is 7.73. The van der Waals surface area contributed by atoms with E-state index in [9.17, 15) is 8.78 Å². The van der Waals surface area contributed by atoms with Gasteiger partial charge in [0.2, 0.25) is 0 Å². The van der Waals surface area contributed by atoms with E-state index in [1.807, 2.05) is 0 Å². The van der Waals surface area contributed by atoms with Crippen LogP contribution in [0.2, 0.25) is 0 Å². The molecule has 96 valence electrons. The molecule has 0 bridgehead atoms. The topological polar surface area (TPSA) is 30.7 Å². The predicted octanol–water partition coefficient (Wildman–Crippen LogP) is 3.01. The van der Waals surface area contributed by atoms with Crippen molar-refractivity contribution < 1.29 is 8.78 Å². The van der Waals surface area contributed by atoms with Crippen LogP contribution in [0.25, 0.3) is 0 Å². The van der Waals surface area contributed by atoms with Crippen molar-refractivity contribution in [3.63, 3.8) is 0 Å². The molecule has 0 N–H and O–H groups in total. The van der Waals surface area contributed by atoms with E-state index in [-0.39, 0.29) is 5.56 Å². The number of aromatic nitrogens is 3. The number of aryl methyl sites for hydroxylation is 1. The largest absolute Gasteiger partial charge is 0.292 e. The van der Waals surface area contributed by atoms with Gasteiger partial charge in [0, 0.05) is 23.5 Å². The third-order valence-corrected chi connectivity index (χ3v) is 2.89. The maximum absolute atomic E-state index is 13.9. The second kappa shape index (κ2) is 5.56. The third-order valence-electron chi connectivity index (χ3n) is 2.49. The molecule has 1 aromatic carbocycles. The minimum atomic E-state index is -2.94. The average molecular weight is 316 g/mol. The van der Waals surface area contributed by atoms with Crippen molar-refractivity contribution >= 4 is 15.9 Å². The quantitative estimate of drug-likeness (QED) is 0.794. The maximum Gasteiger partial charge on any atom is 0.292 e. The first-order valence-corrected chi connectivity index (χ1v) is 6.62. The Balaban J connectivity index is 2.12. The monoisotopic (exact) mass is 315 g/mol. The van der Waals surface area contributed by atoms with E-state index in [2.05, 4.69) is 26.2 Å². The average Bonchev–Trinajstić information content (AvgIpc) is 2.77. The van der Waals surface area contributed by atoms with E-state index in [4.69, 9.17) is 0 Å². The normalized spacial score (nSPS) is 11.7. The third kappa shape index (κ3) is 3.13. The van der Waals surface area contributed by atoms with Gasteiger partial charge in [-0.15, -0.1) is 5.10 Å². The van der Waals surface area contributed by atoms with Gasteiger partial charge in [0.15, 0.2) is 0 Å². The highest BCUT2D eigenvalue weighted by molar-refractivity contribution is 9.09. The number of hydrogen-bond acceptors (Lipinski definition) is 2. The number of halogens is 3. The van der Waals surface area contributed by atoms with Gasteiger partial charge in [-0.05, 0) is 0 Å². The summed E-state index contributed by atoms with van der Waals surface area (Å²) in [7, 11) is 0. The molecule has 0 aliphatic rings. The molecule has 18 heavy (non-hydrogen) atoms. The van der Waals surface area contributed by atoms with Crippen LogP contribution in [-0.4, -0.2) is 20.3 Å². The molecule has 0 saturated carbocycles. The molecule has 1 aromatic heterocycles. The van der Waals surface area contributed by atoms with Crippen molar-refractivity contribution in [1.29, 1.82) is 0 Å². The molecular formula is C12H12BrF2N3. The zero-order chi connectivity index (χ0) is 13.0. The first-order chi connectivity index (χ1) is 8.62. The van der Waals surface area contributed by atoms with E-state index in [0.717, 1.165) is 5.33 Å². The van der Waals surface area contributed by atoms with Crippen LogP contribution < -0.4 is 0 Å². The van der Waals surface area contributed by atoms with Crippen molar-refractivity contribution in [3.8, 4) is 0 Å². The summed E-state index contributed by atoms with van der Waals surface area (Å²) in [5, 5.41) is 8.28. The molecule has 0 amide bonds. The fourth-order valence-electron chi connectivity index (χ4n) is 1.60. The molecule has 0 fully saturated rings. The molecule has 2 rings (SSSR count). The van der Waals surface area contributed by atoms with Gasteiger partial charge < -0.3 is 0 Å². The smallest absolute Gasteiger partial charge is 0.246 e.